The van der Waals surface area contributed by atoms with Crippen molar-refractivity contribution in [2.45, 2.75) is 6.54 Å². The van der Waals surface area contributed by atoms with Gasteiger partial charge in [-0.3, -0.25) is 0 Å². The Bertz CT molecular complexity index is 405. The van der Waals surface area contributed by atoms with Crippen LogP contribution in [0.5, 0.6) is 0 Å². The molecule has 0 unspecified atom stereocenters. The zero-order chi connectivity index (χ0) is 15.5. The summed E-state index contributed by atoms with van der Waals surface area (Å²) in [7, 11) is 3.24. The van der Waals surface area contributed by atoms with E-state index in [0.29, 0.717) is 38.5 Å². The van der Waals surface area contributed by atoms with Crippen LogP contribution >= 0.6 is 0 Å². The monoisotopic (exact) mass is 300 g/mol. The summed E-state index contributed by atoms with van der Waals surface area (Å²) in [5, 5.41) is 12.3. The van der Waals surface area contributed by atoms with Crippen molar-refractivity contribution < 1.29 is 19.0 Å². The van der Waals surface area contributed by atoms with Gasteiger partial charge < -0.3 is 24.8 Å². The molecule has 0 saturated heterocycles. The second kappa shape index (κ2) is 10.5. The van der Waals surface area contributed by atoms with Crippen molar-refractivity contribution in [1.29, 1.82) is 0 Å². The zero-order valence-electron chi connectivity index (χ0n) is 12.8. The Hall–Kier alpha value is -1.21. The number of aliphatic hydroxyl groups is 1. The van der Waals surface area contributed by atoms with E-state index < -0.39 is 0 Å². The quantitative estimate of drug-likeness (QED) is 0.597. The van der Waals surface area contributed by atoms with Gasteiger partial charge in [0.1, 0.15) is 5.82 Å². The summed E-state index contributed by atoms with van der Waals surface area (Å²) in [6.45, 7) is 3.33. The maximum Gasteiger partial charge on any atom is 0.146 e. The highest BCUT2D eigenvalue weighted by atomic mass is 19.1. The molecule has 0 aliphatic heterocycles. The first-order chi connectivity index (χ1) is 10.2. The second-order valence-electron chi connectivity index (χ2n) is 4.66. The van der Waals surface area contributed by atoms with E-state index in [1.165, 1.54) is 6.07 Å². The molecule has 0 amide bonds. The molecule has 2 N–H and O–H groups in total. The summed E-state index contributed by atoms with van der Waals surface area (Å²) in [5.74, 6) is -0.286. The molecule has 1 rings (SSSR count). The Kier molecular flexibility index (Phi) is 8.93. The van der Waals surface area contributed by atoms with Crippen molar-refractivity contribution in [3.8, 4) is 0 Å². The predicted molar refractivity (Wildman–Crippen MR) is 81.2 cm³/mol. The number of benzene rings is 1. The van der Waals surface area contributed by atoms with E-state index in [4.69, 9.17) is 14.6 Å². The molecule has 0 heterocycles. The fourth-order valence-corrected chi connectivity index (χ4v) is 2.00. The van der Waals surface area contributed by atoms with Crippen molar-refractivity contribution in [2.75, 3.05) is 58.6 Å². The topological polar surface area (TPSA) is 54.0 Å². The smallest absolute Gasteiger partial charge is 0.146 e. The van der Waals surface area contributed by atoms with Crippen LogP contribution in [0.3, 0.4) is 0 Å². The van der Waals surface area contributed by atoms with Crippen LogP contribution in [0.25, 0.3) is 0 Å². The first-order valence-electron chi connectivity index (χ1n) is 7.05. The number of nitrogens with zero attached hydrogens (tertiary/aromatic N) is 1. The van der Waals surface area contributed by atoms with Gasteiger partial charge in [-0.15, -0.1) is 0 Å². The van der Waals surface area contributed by atoms with E-state index >= 15 is 0 Å². The molecule has 0 aliphatic carbocycles. The maximum atomic E-state index is 14.2. The van der Waals surface area contributed by atoms with Crippen LogP contribution in [0.15, 0.2) is 18.2 Å². The van der Waals surface area contributed by atoms with E-state index in [0.717, 1.165) is 12.1 Å². The number of anilines is 1. The Morgan fingerprint density at radius 1 is 1.19 bits per heavy atom. The van der Waals surface area contributed by atoms with Crippen LogP contribution in [-0.2, 0) is 16.0 Å². The van der Waals surface area contributed by atoms with E-state index in [1.54, 1.807) is 25.2 Å². The molecule has 120 valence electrons. The van der Waals surface area contributed by atoms with Crippen LogP contribution in [0, 0.1) is 5.82 Å². The van der Waals surface area contributed by atoms with Gasteiger partial charge in [-0.05, 0) is 17.7 Å². The van der Waals surface area contributed by atoms with Crippen LogP contribution in [-0.4, -0.2) is 58.8 Å². The first-order valence-corrected chi connectivity index (χ1v) is 7.05. The van der Waals surface area contributed by atoms with E-state index in [1.807, 2.05) is 6.07 Å². The average Bonchev–Trinajstić information content (AvgIpc) is 2.48. The van der Waals surface area contributed by atoms with Gasteiger partial charge >= 0.3 is 0 Å². The molecular weight excluding hydrogens is 275 g/mol. The molecule has 1 aromatic rings. The van der Waals surface area contributed by atoms with Crippen LogP contribution < -0.4 is 10.2 Å². The number of aliphatic hydroxyl groups excluding tert-OH is 1. The molecule has 0 fully saturated rings. The molecule has 0 bridgehead atoms. The lowest BCUT2D eigenvalue weighted by Crippen LogP contribution is -2.31. The van der Waals surface area contributed by atoms with Gasteiger partial charge in [0, 0.05) is 40.4 Å². The molecule has 21 heavy (non-hydrogen) atoms. The third-order valence-corrected chi connectivity index (χ3v) is 3.10. The molecule has 6 heteroatoms. The first kappa shape index (κ1) is 17.8. The SMILES string of the molecule is COCCNCc1ccc(N(CCO)CCOC)c(F)c1. The molecule has 0 atom stereocenters. The average molecular weight is 300 g/mol. The summed E-state index contributed by atoms with van der Waals surface area (Å²) in [5.41, 5.74) is 1.37. The van der Waals surface area contributed by atoms with Crippen molar-refractivity contribution >= 4 is 5.69 Å². The molecule has 1 aromatic carbocycles. The van der Waals surface area contributed by atoms with Gasteiger partial charge in [-0.2, -0.15) is 0 Å². The van der Waals surface area contributed by atoms with Gasteiger partial charge in [0.2, 0.25) is 0 Å². The van der Waals surface area contributed by atoms with E-state index in [2.05, 4.69) is 5.32 Å². The lowest BCUT2D eigenvalue weighted by atomic mass is 10.1. The highest BCUT2D eigenvalue weighted by Gasteiger charge is 2.11. The van der Waals surface area contributed by atoms with Crippen molar-refractivity contribution in [3.05, 3.63) is 29.6 Å². The lowest BCUT2D eigenvalue weighted by Gasteiger charge is -2.24. The standard InChI is InChI=1S/C15H25FN2O3/c1-20-9-5-17-12-13-3-4-15(14(16)11-13)18(6-8-19)7-10-21-2/h3-4,11,17,19H,5-10,12H2,1-2H3. The zero-order valence-corrected chi connectivity index (χ0v) is 12.8. The summed E-state index contributed by atoms with van der Waals surface area (Å²) < 4.78 is 24.2. The summed E-state index contributed by atoms with van der Waals surface area (Å²) >= 11 is 0. The minimum absolute atomic E-state index is 0.0243. The second-order valence-corrected chi connectivity index (χ2v) is 4.66. The summed E-state index contributed by atoms with van der Waals surface area (Å²) in [6.07, 6.45) is 0. The highest BCUT2D eigenvalue weighted by Crippen LogP contribution is 2.20. The molecular formula is C15H25FN2O3. The van der Waals surface area contributed by atoms with Gasteiger partial charge in [0.15, 0.2) is 0 Å². The Balaban J connectivity index is 2.65. The number of hydrogen-bond acceptors (Lipinski definition) is 5. The van der Waals surface area contributed by atoms with E-state index in [9.17, 15) is 4.39 Å². The lowest BCUT2D eigenvalue weighted by molar-refractivity contribution is 0.199. The van der Waals surface area contributed by atoms with Gasteiger partial charge in [0.25, 0.3) is 0 Å². The van der Waals surface area contributed by atoms with Crippen molar-refractivity contribution in [1.82, 2.24) is 5.32 Å². The third-order valence-electron chi connectivity index (χ3n) is 3.10. The Morgan fingerprint density at radius 3 is 2.57 bits per heavy atom. The Morgan fingerprint density at radius 2 is 1.95 bits per heavy atom. The molecule has 0 spiro atoms. The third kappa shape index (κ3) is 6.39. The van der Waals surface area contributed by atoms with Crippen LogP contribution in [0.4, 0.5) is 10.1 Å². The van der Waals surface area contributed by atoms with Crippen molar-refractivity contribution in [2.24, 2.45) is 0 Å². The van der Waals surface area contributed by atoms with Crippen LogP contribution in [0.2, 0.25) is 0 Å². The number of rotatable bonds is 11. The maximum absolute atomic E-state index is 14.2. The molecule has 5 nitrogen and oxygen atoms in total. The number of hydrogen-bond donors (Lipinski definition) is 2. The van der Waals surface area contributed by atoms with E-state index in [-0.39, 0.29) is 12.4 Å². The van der Waals surface area contributed by atoms with Gasteiger partial charge in [0.05, 0.1) is 25.5 Å². The number of halogens is 1. The molecule has 0 radical (unpaired) electrons. The number of nitrogens with one attached hydrogen (secondary N) is 1. The minimum Gasteiger partial charge on any atom is -0.395 e. The molecule has 0 aromatic heterocycles. The minimum atomic E-state index is -0.286. The molecule has 0 aliphatic rings. The summed E-state index contributed by atoms with van der Waals surface area (Å²) in [4.78, 5) is 1.78. The van der Waals surface area contributed by atoms with Crippen LogP contribution in [0.1, 0.15) is 5.56 Å². The largest absolute Gasteiger partial charge is 0.395 e. The fraction of sp³-hybridized carbons (Fsp3) is 0.600. The van der Waals surface area contributed by atoms with Crippen molar-refractivity contribution in [3.63, 3.8) is 0 Å². The predicted octanol–water partition coefficient (Wildman–Crippen LogP) is 1.01. The van der Waals surface area contributed by atoms with Gasteiger partial charge in [-0.1, -0.05) is 6.07 Å². The molecule has 0 saturated carbocycles. The number of methoxy groups -OCH3 is 2. The summed E-state index contributed by atoms with van der Waals surface area (Å²) in [6, 6.07) is 5.15. The Labute approximate surface area is 125 Å². The van der Waals surface area contributed by atoms with Gasteiger partial charge in [-0.25, -0.2) is 4.39 Å². The fourth-order valence-electron chi connectivity index (χ4n) is 2.00. The normalized spacial score (nSPS) is 10.9. The highest BCUT2D eigenvalue weighted by molar-refractivity contribution is 5.49. The number of ether oxygens (including phenoxy) is 2.